The standard InChI is InChI=1S/C13H16O4S/c1-10-2-6-13(7-3-10)18(15,16)17-9-11-4-5-12(14)8-11/h2-3,6-7,11H,4-5,8-9H2,1H3. The average Bonchev–Trinajstić information content (AvgIpc) is 2.73. The molecule has 0 aliphatic heterocycles. The first-order valence-corrected chi connectivity index (χ1v) is 7.36. The molecule has 2 rings (SSSR count). The van der Waals surface area contributed by atoms with Crippen LogP contribution in [0.1, 0.15) is 24.8 Å². The van der Waals surface area contributed by atoms with Crippen LogP contribution in [-0.2, 0) is 19.1 Å². The number of rotatable bonds is 4. The van der Waals surface area contributed by atoms with E-state index in [2.05, 4.69) is 0 Å². The zero-order valence-corrected chi connectivity index (χ0v) is 11.1. The molecule has 4 nitrogen and oxygen atoms in total. The van der Waals surface area contributed by atoms with Crippen LogP contribution < -0.4 is 0 Å². The van der Waals surface area contributed by atoms with Crippen molar-refractivity contribution in [3.8, 4) is 0 Å². The summed E-state index contributed by atoms with van der Waals surface area (Å²) in [4.78, 5) is 11.2. The molecule has 0 spiro atoms. The van der Waals surface area contributed by atoms with Crippen LogP contribution in [0.15, 0.2) is 29.2 Å². The summed E-state index contributed by atoms with van der Waals surface area (Å²) in [6.45, 7) is 1.99. The Morgan fingerprint density at radius 3 is 2.50 bits per heavy atom. The summed E-state index contributed by atoms with van der Waals surface area (Å²) < 4.78 is 28.8. The smallest absolute Gasteiger partial charge is 0.296 e. The van der Waals surface area contributed by atoms with E-state index in [-0.39, 0.29) is 23.2 Å². The molecular weight excluding hydrogens is 252 g/mol. The largest absolute Gasteiger partial charge is 0.300 e. The first-order valence-electron chi connectivity index (χ1n) is 5.95. The van der Waals surface area contributed by atoms with E-state index in [1.165, 1.54) is 12.1 Å². The summed E-state index contributed by atoms with van der Waals surface area (Å²) in [6.07, 6.45) is 1.70. The molecule has 1 atom stereocenters. The minimum absolute atomic E-state index is 0.0396. The highest BCUT2D eigenvalue weighted by Crippen LogP contribution is 2.23. The highest BCUT2D eigenvalue weighted by Gasteiger charge is 2.25. The average molecular weight is 268 g/mol. The summed E-state index contributed by atoms with van der Waals surface area (Å²) in [5, 5.41) is 0. The van der Waals surface area contributed by atoms with Crippen molar-refractivity contribution in [2.24, 2.45) is 5.92 Å². The Morgan fingerprint density at radius 2 is 1.94 bits per heavy atom. The summed E-state index contributed by atoms with van der Waals surface area (Å²) >= 11 is 0. The lowest BCUT2D eigenvalue weighted by Crippen LogP contribution is -2.13. The molecule has 1 fully saturated rings. The summed E-state index contributed by atoms with van der Waals surface area (Å²) in [5.41, 5.74) is 0.996. The van der Waals surface area contributed by atoms with E-state index in [0.29, 0.717) is 12.8 Å². The number of carbonyl (C=O) groups is 1. The van der Waals surface area contributed by atoms with Gasteiger partial charge in [0.15, 0.2) is 0 Å². The summed E-state index contributed by atoms with van der Waals surface area (Å²) in [5.74, 6) is 0.231. The molecule has 0 N–H and O–H groups in total. The second kappa shape index (κ2) is 5.20. The van der Waals surface area contributed by atoms with Crippen LogP contribution in [0.4, 0.5) is 0 Å². The normalized spacial score (nSPS) is 20.3. The van der Waals surface area contributed by atoms with Gasteiger partial charge in [0.25, 0.3) is 10.1 Å². The van der Waals surface area contributed by atoms with Crippen LogP contribution >= 0.6 is 0 Å². The molecule has 18 heavy (non-hydrogen) atoms. The summed E-state index contributed by atoms with van der Waals surface area (Å²) in [7, 11) is -3.69. The fraction of sp³-hybridized carbons (Fsp3) is 0.462. The fourth-order valence-electron chi connectivity index (χ4n) is 1.99. The third-order valence-electron chi connectivity index (χ3n) is 3.12. The van der Waals surface area contributed by atoms with Gasteiger partial charge in [0.2, 0.25) is 0 Å². The highest BCUT2D eigenvalue weighted by atomic mass is 32.2. The first kappa shape index (κ1) is 13.2. The molecule has 0 radical (unpaired) electrons. The van der Waals surface area contributed by atoms with Crippen LogP contribution in [-0.4, -0.2) is 20.8 Å². The van der Waals surface area contributed by atoms with Crippen molar-refractivity contribution in [1.29, 1.82) is 0 Å². The Morgan fingerprint density at radius 1 is 1.28 bits per heavy atom. The Labute approximate surface area is 107 Å². The number of aryl methyl sites for hydroxylation is 1. The highest BCUT2D eigenvalue weighted by molar-refractivity contribution is 7.86. The molecule has 98 valence electrons. The summed E-state index contributed by atoms with van der Waals surface area (Å²) in [6, 6.07) is 6.53. The van der Waals surface area contributed by atoms with Gasteiger partial charge in [-0.3, -0.25) is 8.98 Å². The second-order valence-electron chi connectivity index (χ2n) is 4.70. The molecule has 5 heteroatoms. The Hall–Kier alpha value is -1.20. The van der Waals surface area contributed by atoms with E-state index >= 15 is 0 Å². The van der Waals surface area contributed by atoms with Gasteiger partial charge in [-0.15, -0.1) is 0 Å². The van der Waals surface area contributed by atoms with Crippen molar-refractivity contribution in [3.63, 3.8) is 0 Å². The third kappa shape index (κ3) is 3.17. The van der Waals surface area contributed by atoms with Crippen LogP contribution in [0.3, 0.4) is 0 Å². The van der Waals surface area contributed by atoms with Crippen molar-refractivity contribution in [3.05, 3.63) is 29.8 Å². The van der Waals surface area contributed by atoms with Gasteiger partial charge >= 0.3 is 0 Å². The number of hydrogen-bond acceptors (Lipinski definition) is 4. The van der Waals surface area contributed by atoms with Crippen molar-refractivity contribution in [2.75, 3.05) is 6.61 Å². The number of ketones is 1. The van der Waals surface area contributed by atoms with Crippen molar-refractivity contribution in [1.82, 2.24) is 0 Å². The number of benzene rings is 1. The number of Topliss-reactive ketones (excluding diaryl/α,β-unsaturated/α-hetero) is 1. The predicted octanol–water partition coefficient (Wildman–Crippen LogP) is 2.07. The molecule has 1 saturated carbocycles. The van der Waals surface area contributed by atoms with E-state index in [0.717, 1.165) is 12.0 Å². The quantitative estimate of drug-likeness (QED) is 0.784. The maximum atomic E-state index is 11.9. The third-order valence-corrected chi connectivity index (χ3v) is 4.41. The number of carbonyl (C=O) groups excluding carboxylic acids is 1. The van der Waals surface area contributed by atoms with Crippen molar-refractivity contribution >= 4 is 15.9 Å². The zero-order valence-electron chi connectivity index (χ0n) is 10.3. The van der Waals surface area contributed by atoms with Crippen molar-refractivity contribution < 1.29 is 17.4 Å². The Bertz CT molecular complexity index is 531. The molecule has 0 bridgehead atoms. The molecule has 1 unspecified atom stereocenters. The van der Waals surface area contributed by atoms with Crippen LogP contribution in [0.5, 0.6) is 0 Å². The molecule has 0 amide bonds. The van der Waals surface area contributed by atoms with Crippen molar-refractivity contribution in [2.45, 2.75) is 31.1 Å². The molecule has 1 aliphatic carbocycles. The van der Waals surface area contributed by atoms with Crippen LogP contribution in [0.25, 0.3) is 0 Å². The van der Waals surface area contributed by atoms with Gasteiger partial charge in [-0.1, -0.05) is 17.7 Å². The van der Waals surface area contributed by atoms with Crippen LogP contribution in [0.2, 0.25) is 0 Å². The van der Waals surface area contributed by atoms with Gasteiger partial charge in [-0.25, -0.2) is 0 Å². The number of hydrogen-bond donors (Lipinski definition) is 0. The maximum Gasteiger partial charge on any atom is 0.296 e. The monoisotopic (exact) mass is 268 g/mol. The zero-order chi connectivity index (χ0) is 13.2. The van der Waals surface area contributed by atoms with Gasteiger partial charge in [0.1, 0.15) is 5.78 Å². The van der Waals surface area contributed by atoms with E-state index < -0.39 is 10.1 Å². The van der Waals surface area contributed by atoms with Gasteiger partial charge in [-0.05, 0) is 31.4 Å². The molecular formula is C13H16O4S. The minimum atomic E-state index is -3.69. The Kier molecular flexibility index (Phi) is 3.82. The molecule has 1 aromatic carbocycles. The molecule has 0 heterocycles. The molecule has 1 aliphatic rings. The minimum Gasteiger partial charge on any atom is -0.300 e. The first-order chi connectivity index (χ1) is 8.47. The van der Waals surface area contributed by atoms with Gasteiger partial charge < -0.3 is 0 Å². The lowest BCUT2D eigenvalue weighted by Gasteiger charge is -2.09. The maximum absolute atomic E-state index is 11.9. The molecule has 1 aromatic rings. The van der Waals surface area contributed by atoms with E-state index in [1.807, 2.05) is 6.92 Å². The van der Waals surface area contributed by atoms with Gasteiger partial charge in [-0.2, -0.15) is 8.42 Å². The van der Waals surface area contributed by atoms with Crippen LogP contribution in [0, 0.1) is 12.8 Å². The Balaban J connectivity index is 1.99. The lowest BCUT2D eigenvalue weighted by atomic mass is 10.1. The molecule has 0 aromatic heterocycles. The van der Waals surface area contributed by atoms with Gasteiger partial charge in [0, 0.05) is 12.8 Å². The van der Waals surface area contributed by atoms with E-state index in [9.17, 15) is 13.2 Å². The van der Waals surface area contributed by atoms with E-state index in [1.54, 1.807) is 12.1 Å². The molecule has 0 saturated heterocycles. The van der Waals surface area contributed by atoms with Gasteiger partial charge in [0.05, 0.1) is 11.5 Å². The topological polar surface area (TPSA) is 60.4 Å². The van der Waals surface area contributed by atoms with E-state index in [4.69, 9.17) is 4.18 Å². The fourth-order valence-corrected chi connectivity index (χ4v) is 2.97. The lowest BCUT2D eigenvalue weighted by molar-refractivity contribution is -0.117. The predicted molar refractivity (Wildman–Crippen MR) is 66.7 cm³/mol. The second-order valence-corrected chi connectivity index (χ2v) is 6.31. The SMILES string of the molecule is Cc1ccc(S(=O)(=O)OCC2CCC(=O)C2)cc1.